The van der Waals surface area contributed by atoms with Gasteiger partial charge in [0.1, 0.15) is 12.0 Å². The standard InChI is InChI=1S/C12H11N5O3/c13-11-10(5-9(7-15-11)17(19)20)12(18)16-6-8-3-1-2-4-14-8/h1-5,7H,6H2,(H2,13,15)(H,16,18). The van der Waals surface area contributed by atoms with Gasteiger partial charge in [-0.1, -0.05) is 6.07 Å². The predicted octanol–water partition coefficient (Wildman–Crippen LogP) is 0.897. The molecule has 0 saturated heterocycles. The fraction of sp³-hybridized carbons (Fsp3) is 0.0833. The summed E-state index contributed by atoms with van der Waals surface area (Å²) in [6.45, 7) is 0.196. The Labute approximate surface area is 113 Å². The number of hydrogen-bond donors (Lipinski definition) is 2. The minimum atomic E-state index is -0.637. The molecule has 102 valence electrons. The lowest BCUT2D eigenvalue weighted by Gasteiger charge is -2.06. The molecule has 0 aliphatic rings. The SMILES string of the molecule is Nc1ncc([N+](=O)[O-])cc1C(=O)NCc1ccccn1. The van der Waals surface area contributed by atoms with Crippen molar-refractivity contribution in [2.45, 2.75) is 6.54 Å². The second-order valence-electron chi connectivity index (χ2n) is 3.89. The summed E-state index contributed by atoms with van der Waals surface area (Å²) in [4.78, 5) is 29.6. The number of nitrogens with zero attached hydrogens (tertiary/aromatic N) is 3. The molecular formula is C12H11N5O3. The van der Waals surface area contributed by atoms with E-state index in [2.05, 4.69) is 15.3 Å². The molecule has 0 aromatic carbocycles. The van der Waals surface area contributed by atoms with Crippen LogP contribution in [0.2, 0.25) is 0 Å². The van der Waals surface area contributed by atoms with Crippen LogP contribution < -0.4 is 11.1 Å². The number of nitro groups is 1. The average molecular weight is 273 g/mol. The number of carbonyl (C=O) groups excluding carboxylic acids is 1. The van der Waals surface area contributed by atoms with Gasteiger partial charge in [0.2, 0.25) is 0 Å². The van der Waals surface area contributed by atoms with Crippen LogP contribution in [0.25, 0.3) is 0 Å². The Hall–Kier alpha value is -3.03. The number of nitrogens with two attached hydrogens (primary N) is 1. The van der Waals surface area contributed by atoms with Crippen LogP contribution >= 0.6 is 0 Å². The first-order valence-electron chi connectivity index (χ1n) is 5.66. The summed E-state index contributed by atoms with van der Waals surface area (Å²) in [5, 5.41) is 13.2. The number of nitrogen functional groups attached to an aromatic ring is 1. The van der Waals surface area contributed by atoms with Crippen LogP contribution in [0.4, 0.5) is 11.5 Å². The Kier molecular flexibility index (Phi) is 3.85. The van der Waals surface area contributed by atoms with Crippen LogP contribution in [-0.4, -0.2) is 20.8 Å². The second-order valence-corrected chi connectivity index (χ2v) is 3.89. The van der Waals surface area contributed by atoms with E-state index in [1.165, 1.54) is 0 Å². The Morgan fingerprint density at radius 1 is 1.40 bits per heavy atom. The zero-order valence-corrected chi connectivity index (χ0v) is 10.3. The fourth-order valence-corrected chi connectivity index (χ4v) is 1.51. The van der Waals surface area contributed by atoms with Gasteiger partial charge in [0.25, 0.3) is 11.6 Å². The molecule has 0 saturated carbocycles. The highest BCUT2D eigenvalue weighted by atomic mass is 16.6. The number of hydrogen-bond acceptors (Lipinski definition) is 6. The van der Waals surface area contributed by atoms with Crippen LogP contribution in [0, 0.1) is 10.1 Å². The van der Waals surface area contributed by atoms with Crippen molar-refractivity contribution < 1.29 is 9.72 Å². The number of amides is 1. The van der Waals surface area contributed by atoms with Gasteiger partial charge < -0.3 is 11.1 Å². The Morgan fingerprint density at radius 2 is 2.20 bits per heavy atom. The summed E-state index contributed by atoms with van der Waals surface area (Å²) in [5.74, 6) is -0.599. The molecule has 2 heterocycles. The third-order valence-electron chi connectivity index (χ3n) is 2.52. The summed E-state index contributed by atoms with van der Waals surface area (Å²) in [6, 6.07) is 6.39. The Morgan fingerprint density at radius 3 is 2.85 bits per heavy atom. The summed E-state index contributed by atoms with van der Waals surface area (Å²) in [7, 11) is 0. The van der Waals surface area contributed by atoms with Crippen molar-refractivity contribution in [1.29, 1.82) is 0 Å². The molecule has 0 aliphatic heterocycles. The number of anilines is 1. The van der Waals surface area contributed by atoms with Crippen molar-refractivity contribution >= 4 is 17.4 Å². The summed E-state index contributed by atoms with van der Waals surface area (Å²) in [6.07, 6.45) is 2.61. The molecule has 2 rings (SSSR count). The third-order valence-corrected chi connectivity index (χ3v) is 2.52. The lowest BCUT2D eigenvalue weighted by molar-refractivity contribution is -0.385. The lowest BCUT2D eigenvalue weighted by Crippen LogP contribution is -2.24. The molecule has 0 unspecified atom stereocenters. The van der Waals surface area contributed by atoms with E-state index >= 15 is 0 Å². The molecule has 0 fully saturated rings. The number of carbonyl (C=O) groups is 1. The molecule has 8 nitrogen and oxygen atoms in total. The van der Waals surface area contributed by atoms with E-state index in [1.54, 1.807) is 24.4 Å². The van der Waals surface area contributed by atoms with E-state index in [9.17, 15) is 14.9 Å². The molecule has 0 radical (unpaired) electrons. The zero-order valence-electron chi connectivity index (χ0n) is 10.3. The van der Waals surface area contributed by atoms with Gasteiger partial charge in [0, 0.05) is 12.3 Å². The van der Waals surface area contributed by atoms with Crippen LogP contribution in [0.3, 0.4) is 0 Å². The molecule has 0 aliphatic carbocycles. The zero-order chi connectivity index (χ0) is 14.5. The fourth-order valence-electron chi connectivity index (χ4n) is 1.51. The van der Waals surface area contributed by atoms with Gasteiger partial charge in [-0.2, -0.15) is 0 Å². The van der Waals surface area contributed by atoms with Gasteiger partial charge in [-0.15, -0.1) is 0 Å². The minimum absolute atomic E-state index is 0.0323. The van der Waals surface area contributed by atoms with E-state index in [-0.39, 0.29) is 23.6 Å². The molecule has 0 atom stereocenters. The Bertz CT molecular complexity index is 645. The molecular weight excluding hydrogens is 262 g/mol. The number of nitrogens with one attached hydrogen (secondary N) is 1. The van der Waals surface area contributed by atoms with Crippen molar-refractivity contribution in [3.63, 3.8) is 0 Å². The number of aromatic nitrogens is 2. The van der Waals surface area contributed by atoms with Crippen molar-refractivity contribution in [3.05, 3.63) is 58.0 Å². The highest BCUT2D eigenvalue weighted by molar-refractivity contribution is 5.98. The molecule has 1 amide bonds. The Balaban J connectivity index is 2.13. The van der Waals surface area contributed by atoms with Crippen LogP contribution in [0.15, 0.2) is 36.7 Å². The van der Waals surface area contributed by atoms with Crippen molar-refractivity contribution in [1.82, 2.24) is 15.3 Å². The van der Waals surface area contributed by atoms with Gasteiger partial charge in [-0.25, -0.2) is 4.98 Å². The predicted molar refractivity (Wildman–Crippen MR) is 70.7 cm³/mol. The van der Waals surface area contributed by atoms with E-state index in [4.69, 9.17) is 5.73 Å². The quantitative estimate of drug-likeness (QED) is 0.629. The highest BCUT2D eigenvalue weighted by Gasteiger charge is 2.16. The molecule has 3 N–H and O–H groups in total. The minimum Gasteiger partial charge on any atom is -0.383 e. The van der Waals surface area contributed by atoms with Crippen LogP contribution in [0.5, 0.6) is 0 Å². The lowest BCUT2D eigenvalue weighted by atomic mass is 10.2. The van der Waals surface area contributed by atoms with Crippen molar-refractivity contribution in [3.8, 4) is 0 Å². The normalized spacial score (nSPS) is 10.0. The number of pyridine rings is 2. The number of rotatable bonds is 4. The third kappa shape index (κ3) is 3.05. The van der Waals surface area contributed by atoms with Gasteiger partial charge in [0.05, 0.1) is 22.7 Å². The van der Waals surface area contributed by atoms with E-state index < -0.39 is 10.8 Å². The topological polar surface area (TPSA) is 124 Å². The van der Waals surface area contributed by atoms with E-state index in [0.29, 0.717) is 5.69 Å². The van der Waals surface area contributed by atoms with Gasteiger partial charge >= 0.3 is 0 Å². The highest BCUT2D eigenvalue weighted by Crippen LogP contribution is 2.16. The van der Waals surface area contributed by atoms with Gasteiger partial charge in [-0.3, -0.25) is 19.9 Å². The molecule has 2 aromatic rings. The first kappa shape index (κ1) is 13.4. The first-order chi connectivity index (χ1) is 9.58. The molecule has 20 heavy (non-hydrogen) atoms. The van der Waals surface area contributed by atoms with E-state index in [1.807, 2.05) is 0 Å². The van der Waals surface area contributed by atoms with Crippen LogP contribution in [-0.2, 0) is 6.54 Å². The largest absolute Gasteiger partial charge is 0.383 e. The van der Waals surface area contributed by atoms with E-state index in [0.717, 1.165) is 12.3 Å². The molecule has 2 aromatic heterocycles. The molecule has 8 heteroatoms. The smallest absolute Gasteiger partial charge is 0.288 e. The molecule has 0 bridgehead atoms. The summed E-state index contributed by atoms with van der Waals surface area (Å²) in [5.41, 5.74) is 5.89. The summed E-state index contributed by atoms with van der Waals surface area (Å²) >= 11 is 0. The van der Waals surface area contributed by atoms with Crippen molar-refractivity contribution in [2.75, 3.05) is 5.73 Å². The average Bonchev–Trinajstić information content (AvgIpc) is 2.46. The van der Waals surface area contributed by atoms with Crippen molar-refractivity contribution in [2.24, 2.45) is 0 Å². The van der Waals surface area contributed by atoms with Gasteiger partial charge in [0.15, 0.2) is 0 Å². The monoisotopic (exact) mass is 273 g/mol. The maximum Gasteiger partial charge on any atom is 0.288 e. The second kappa shape index (κ2) is 5.74. The van der Waals surface area contributed by atoms with Gasteiger partial charge in [-0.05, 0) is 12.1 Å². The summed E-state index contributed by atoms with van der Waals surface area (Å²) < 4.78 is 0. The molecule has 0 spiro atoms. The maximum atomic E-state index is 11.9. The first-order valence-corrected chi connectivity index (χ1v) is 5.66. The van der Waals surface area contributed by atoms with Crippen LogP contribution in [0.1, 0.15) is 16.1 Å². The maximum absolute atomic E-state index is 11.9.